The van der Waals surface area contributed by atoms with Crippen molar-refractivity contribution in [2.45, 2.75) is 31.9 Å². The highest BCUT2D eigenvalue weighted by Crippen LogP contribution is 2.27. The summed E-state index contributed by atoms with van der Waals surface area (Å²) in [6.45, 7) is 0.987. The van der Waals surface area contributed by atoms with Gasteiger partial charge in [-0.3, -0.25) is 14.9 Å². The zero-order chi connectivity index (χ0) is 15.7. The summed E-state index contributed by atoms with van der Waals surface area (Å²) in [6, 6.07) is 5.34. The molecule has 0 fully saturated rings. The molecular weight excluding hydrogens is 277 g/mol. The number of alkyl halides is 1. The number of hydrogen-bond acceptors (Lipinski definition) is 4. The molecule has 6 nitrogen and oxygen atoms in total. The topological polar surface area (TPSA) is 98.3 Å². The third kappa shape index (κ3) is 5.47. The van der Waals surface area contributed by atoms with E-state index in [9.17, 15) is 19.3 Å². The van der Waals surface area contributed by atoms with Gasteiger partial charge in [0.15, 0.2) is 0 Å². The Morgan fingerprint density at radius 3 is 2.62 bits per heavy atom. The fraction of sp³-hybridized carbons (Fsp3) is 0.500. The summed E-state index contributed by atoms with van der Waals surface area (Å²) >= 11 is 0. The first kappa shape index (κ1) is 17.0. The van der Waals surface area contributed by atoms with Crippen LogP contribution in [0.1, 0.15) is 37.4 Å². The third-order valence-corrected chi connectivity index (χ3v) is 3.07. The van der Waals surface area contributed by atoms with Gasteiger partial charge in [-0.05, 0) is 25.5 Å². The monoisotopic (exact) mass is 297 g/mol. The Kier molecular flexibility index (Phi) is 7.31. The van der Waals surface area contributed by atoms with Crippen LogP contribution in [0.3, 0.4) is 0 Å². The highest BCUT2D eigenvalue weighted by Gasteiger charge is 2.26. The van der Waals surface area contributed by atoms with Gasteiger partial charge < -0.3 is 11.1 Å². The van der Waals surface area contributed by atoms with Crippen molar-refractivity contribution in [3.05, 3.63) is 39.9 Å². The second-order valence-corrected chi connectivity index (χ2v) is 4.67. The van der Waals surface area contributed by atoms with E-state index < -0.39 is 17.0 Å². The van der Waals surface area contributed by atoms with Crippen LogP contribution in [-0.2, 0) is 4.79 Å². The van der Waals surface area contributed by atoms with Crippen molar-refractivity contribution in [3.8, 4) is 0 Å². The molecule has 0 aliphatic carbocycles. The Balaban J connectivity index is 2.49. The quantitative estimate of drug-likeness (QED) is 0.415. The van der Waals surface area contributed by atoms with Crippen molar-refractivity contribution < 1.29 is 14.1 Å². The van der Waals surface area contributed by atoms with Crippen molar-refractivity contribution in [3.63, 3.8) is 0 Å². The number of nitrogens with two attached hydrogens (primary N) is 1. The van der Waals surface area contributed by atoms with Crippen molar-refractivity contribution in [2.75, 3.05) is 13.1 Å². The Labute approximate surface area is 122 Å². The molecule has 0 radical (unpaired) electrons. The summed E-state index contributed by atoms with van der Waals surface area (Å²) in [7, 11) is 0. The maximum atomic E-state index is 14.0. The molecule has 0 aliphatic rings. The summed E-state index contributed by atoms with van der Waals surface area (Å²) in [5.41, 5.74) is 4.75. The number of carbonyl (C=O) groups is 1. The van der Waals surface area contributed by atoms with Crippen LogP contribution < -0.4 is 11.1 Å². The maximum Gasteiger partial charge on any atom is 0.276 e. The molecule has 1 amide bonds. The number of nitrogens with zero attached hydrogens (tertiary/aromatic N) is 1. The highest BCUT2D eigenvalue weighted by molar-refractivity contribution is 5.83. The van der Waals surface area contributed by atoms with Gasteiger partial charge >= 0.3 is 0 Å². The van der Waals surface area contributed by atoms with Crippen molar-refractivity contribution >= 4 is 11.6 Å². The van der Waals surface area contributed by atoms with Crippen LogP contribution in [0.2, 0.25) is 0 Å². The fourth-order valence-corrected chi connectivity index (χ4v) is 1.93. The molecular formula is C14H20FN3O3. The second kappa shape index (κ2) is 9.02. The fourth-order valence-electron chi connectivity index (χ4n) is 1.93. The lowest BCUT2D eigenvalue weighted by molar-refractivity contribution is -0.385. The Morgan fingerprint density at radius 1 is 1.29 bits per heavy atom. The average Bonchev–Trinajstić information content (AvgIpc) is 2.49. The van der Waals surface area contributed by atoms with Gasteiger partial charge in [0.2, 0.25) is 6.17 Å². The van der Waals surface area contributed by atoms with E-state index in [1.54, 1.807) is 0 Å². The summed E-state index contributed by atoms with van der Waals surface area (Å²) in [6.07, 6.45) is 1.50. The van der Waals surface area contributed by atoms with Crippen molar-refractivity contribution in [2.24, 2.45) is 5.73 Å². The molecule has 1 rings (SSSR count). The molecule has 116 valence electrons. The lowest BCUT2D eigenvalue weighted by atomic mass is 10.1. The molecule has 0 heterocycles. The van der Waals surface area contributed by atoms with Crippen LogP contribution in [0.15, 0.2) is 24.3 Å². The number of benzene rings is 1. The van der Waals surface area contributed by atoms with Gasteiger partial charge in [0, 0.05) is 12.6 Å². The predicted octanol–water partition coefficient (Wildman–Crippen LogP) is 2.24. The largest absolute Gasteiger partial charge is 0.353 e. The van der Waals surface area contributed by atoms with E-state index in [0.717, 1.165) is 25.7 Å². The summed E-state index contributed by atoms with van der Waals surface area (Å²) in [4.78, 5) is 21.8. The zero-order valence-corrected chi connectivity index (χ0v) is 11.8. The van der Waals surface area contributed by atoms with Crippen LogP contribution in [0.4, 0.5) is 10.1 Å². The number of rotatable bonds is 9. The number of hydrogen-bond donors (Lipinski definition) is 2. The Hall–Kier alpha value is -2.02. The molecule has 1 aromatic rings. The third-order valence-electron chi connectivity index (χ3n) is 3.07. The molecule has 0 saturated heterocycles. The van der Waals surface area contributed by atoms with Crippen LogP contribution in [0.5, 0.6) is 0 Å². The number of carbonyl (C=O) groups excluding carboxylic acids is 1. The van der Waals surface area contributed by atoms with E-state index in [2.05, 4.69) is 5.32 Å². The minimum atomic E-state index is -2.03. The van der Waals surface area contributed by atoms with Crippen LogP contribution in [-0.4, -0.2) is 23.9 Å². The van der Waals surface area contributed by atoms with Gasteiger partial charge in [-0.25, -0.2) is 4.39 Å². The molecule has 21 heavy (non-hydrogen) atoms. The highest BCUT2D eigenvalue weighted by atomic mass is 19.1. The Bertz CT molecular complexity index is 482. The number of nitro groups is 1. The normalized spacial score (nSPS) is 11.9. The van der Waals surface area contributed by atoms with E-state index in [4.69, 9.17) is 5.73 Å². The van der Waals surface area contributed by atoms with Crippen molar-refractivity contribution in [1.29, 1.82) is 0 Å². The van der Waals surface area contributed by atoms with Crippen LogP contribution in [0.25, 0.3) is 0 Å². The Morgan fingerprint density at radius 2 is 1.95 bits per heavy atom. The van der Waals surface area contributed by atoms with Gasteiger partial charge in [-0.2, -0.15) is 0 Å². The molecule has 0 spiro atoms. The number of nitro benzene ring substituents is 1. The van der Waals surface area contributed by atoms with Crippen LogP contribution >= 0.6 is 0 Å². The van der Waals surface area contributed by atoms with E-state index in [1.165, 1.54) is 24.3 Å². The zero-order valence-electron chi connectivity index (χ0n) is 11.8. The number of para-hydroxylation sites is 1. The average molecular weight is 297 g/mol. The summed E-state index contributed by atoms with van der Waals surface area (Å²) in [5, 5.41) is 13.3. The molecule has 0 aromatic heterocycles. The van der Waals surface area contributed by atoms with Crippen molar-refractivity contribution in [1.82, 2.24) is 5.32 Å². The molecule has 0 bridgehead atoms. The van der Waals surface area contributed by atoms with E-state index >= 15 is 0 Å². The maximum absolute atomic E-state index is 14.0. The molecule has 0 saturated carbocycles. The van der Waals surface area contributed by atoms with Crippen LogP contribution in [0, 0.1) is 10.1 Å². The minimum absolute atomic E-state index is 0.219. The minimum Gasteiger partial charge on any atom is -0.353 e. The molecule has 7 heteroatoms. The predicted molar refractivity (Wildman–Crippen MR) is 77.5 cm³/mol. The smallest absolute Gasteiger partial charge is 0.276 e. The molecule has 0 aliphatic heterocycles. The van der Waals surface area contributed by atoms with Gasteiger partial charge in [0.1, 0.15) is 0 Å². The SMILES string of the molecule is NCCCCCCNC(=O)C(F)c1ccccc1[N+](=O)[O-]. The summed E-state index contributed by atoms with van der Waals surface area (Å²) in [5.74, 6) is -0.844. The number of nitrogens with one attached hydrogen (secondary N) is 1. The van der Waals surface area contributed by atoms with E-state index in [-0.39, 0.29) is 11.3 Å². The molecule has 1 atom stereocenters. The number of amides is 1. The second-order valence-electron chi connectivity index (χ2n) is 4.67. The first-order chi connectivity index (χ1) is 10.1. The number of unbranched alkanes of at least 4 members (excludes halogenated alkanes) is 3. The van der Waals surface area contributed by atoms with Gasteiger partial charge in [0.25, 0.3) is 11.6 Å². The first-order valence-corrected chi connectivity index (χ1v) is 6.93. The molecule has 1 aromatic carbocycles. The number of halogens is 1. The molecule has 3 N–H and O–H groups in total. The molecule has 1 unspecified atom stereocenters. The van der Waals surface area contributed by atoms with Gasteiger partial charge in [-0.15, -0.1) is 0 Å². The van der Waals surface area contributed by atoms with Gasteiger partial charge in [-0.1, -0.05) is 25.0 Å². The summed E-state index contributed by atoms with van der Waals surface area (Å²) < 4.78 is 14.0. The van der Waals surface area contributed by atoms with E-state index in [1.807, 2.05) is 0 Å². The van der Waals surface area contributed by atoms with Gasteiger partial charge in [0.05, 0.1) is 10.5 Å². The van der Waals surface area contributed by atoms with E-state index in [0.29, 0.717) is 13.1 Å². The lowest BCUT2D eigenvalue weighted by Crippen LogP contribution is -2.28. The first-order valence-electron chi connectivity index (χ1n) is 6.93. The lowest BCUT2D eigenvalue weighted by Gasteiger charge is -2.10. The standard InChI is InChI=1S/C14H20FN3O3/c15-13(11-7-3-4-8-12(11)18(20)21)14(19)17-10-6-2-1-5-9-16/h3-4,7-8,13H,1-2,5-6,9-10,16H2,(H,17,19).